The van der Waals surface area contributed by atoms with Crippen LogP contribution in [0.5, 0.6) is 5.75 Å². The van der Waals surface area contributed by atoms with Crippen LogP contribution >= 0.6 is 11.6 Å². The van der Waals surface area contributed by atoms with Crippen molar-refractivity contribution >= 4 is 21.4 Å². The summed E-state index contributed by atoms with van der Waals surface area (Å²) in [7, 11) is -3.39. The van der Waals surface area contributed by atoms with E-state index in [4.69, 9.17) is 11.6 Å². The molecule has 1 aromatic carbocycles. The summed E-state index contributed by atoms with van der Waals surface area (Å²) in [5, 5.41) is 9.91. The van der Waals surface area contributed by atoms with E-state index in [-0.39, 0.29) is 10.9 Å². The summed E-state index contributed by atoms with van der Waals surface area (Å²) < 4.78 is 23.0. The van der Waals surface area contributed by atoms with Crippen LogP contribution in [-0.2, 0) is 29.3 Å². The molecule has 1 N–H and O–H groups in total. The minimum Gasteiger partial charge on any atom is -0.506 e. The van der Waals surface area contributed by atoms with E-state index < -0.39 is 9.84 Å². The molecule has 2 aromatic rings. The van der Waals surface area contributed by atoms with Crippen LogP contribution in [0, 0.1) is 0 Å². The maximum Gasteiger partial charge on any atom is 0.246 e. The summed E-state index contributed by atoms with van der Waals surface area (Å²) in [6.07, 6.45) is 3.33. The van der Waals surface area contributed by atoms with Gasteiger partial charge < -0.3 is 5.11 Å². The number of benzene rings is 1. The molecule has 1 aliphatic heterocycles. The molecule has 0 amide bonds. The van der Waals surface area contributed by atoms with Crippen molar-refractivity contribution in [2.45, 2.75) is 24.7 Å². The Hall–Kier alpha value is -1.70. The molecular formula is C15H16ClN3O3S. The van der Waals surface area contributed by atoms with Gasteiger partial charge in [0.2, 0.25) is 15.0 Å². The Kier molecular flexibility index (Phi) is 4.27. The second-order valence-electron chi connectivity index (χ2n) is 5.61. The van der Waals surface area contributed by atoms with E-state index in [2.05, 4.69) is 14.9 Å². The second-order valence-corrected chi connectivity index (χ2v) is 7.90. The van der Waals surface area contributed by atoms with E-state index in [9.17, 15) is 13.5 Å². The highest BCUT2D eigenvalue weighted by Gasteiger charge is 2.21. The van der Waals surface area contributed by atoms with Gasteiger partial charge in [-0.2, -0.15) is 0 Å². The molecule has 23 heavy (non-hydrogen) atoms. The van der Waals surface area contributed by atoms with Crippen LogP contribution in [0.4, 0.5) is 0 Å². The molecule has 0 aliphatic carbocycles. The molecule has 3 rings (SSSR count). The minimum absolute atomic E-state index is 0.0719. The van der Waals surface area contributed by atoms with Crippen LogP contribution in [0.3, 0.4) is 0 Å². The predicted octanol–water partition coefficient (Wildman–Crippen LogP) is 1.80. The van der Waals surface area contributed by atoms with E-state index in [0.29, 0.717) is 24.5 Å². The van der Waals surface area contributed by atoms with Gasteiger partial charge >= 0.3 is 0 Å². The maximum atomic E-state index is 11.5. The monoisotopic (exact) mass is 353 g/mol. The van der Waals surface area contributed by atoms with E-state index in [1.165, 1.54) is 0 Å². The Bertz CT molecular complexity index is 855. The van der Waals surface area contributed by atoms with Crippen LogP contribution < -0.4 is 0 Å². The van der Waals surface area contributed by atoms with Gasteiger partial charge in [-0.25, -0.2) is 18.4 Å². The van der Waals surface area contributed by atoms with E-state index >= 15 is 0 Å². The van der Waals surface area contributed by atoms with Gasteiger partial charge in [0.1, 0.15) is 5.75 Å². The largest absolute Gasteiger partial charge is 0.506 e. The number of aromatic nitrogens is 2. The van der Waals surface area contributed by atoms with E-state index in [0.717, 1.165) is 29.6 Å². The lowest BCUT2D eigenvalue weighted by Crippen LogP contribution is -2.31. The van der Waals surface area contributed by atoms with Crippen LogP contribution in [-0.4, -0.2) is 41.2 Å². The Labute approximate surface area is 139 Å². The fraction of sp³-hybridized carbons (Fsp3) is 0.333. The number of aromatic hydroxyl groups is 1. The third-order valence-electron chi connectivity index (χ3n) is 3.77. The van der Waals surface area contributed by atoms with Gasteiger partial charge in [0.05, 0.1) is 10.7 Å². The van der Waals surface area contributed by atoms with Crippen molar-refractivity contribution in [3.63, 3.8) is 0 Å². The average molecular weight is 354 g/mol. The molecule has 1 aliphatic rings. The summed E-state index contributed by atoms with van der Waals surface area (Å²) in [5.74, 6) is 0.0719. The van der Waals surface area contributed by atoms with Gasteiger partial charge in [-0.05, 0) is 11.6 Å². The molecular weight excluding hydrogens is 338 g/mol. The molecule has 2 heterocycles. The fourth-order valence-electron chi connectivity index (χ4n) is 2.60. The fourth-order valence-corrected chi connectivity index (χ4v) is 3.31. The number of hydrogen-bond acceptors (Lipinski definition) is 6. The number of phenolic OH excluding ortho intramolecular Hbond substituents is 1. The zero-order valence-electron chi connectivity index (χ0n) is 12.5. The maximum absolute atomic E-state index is 11.5. The molecule has 0 saturated carbocycles. The number of nitrogens with zero attached hydrogens (tertiary/aromatic N) is 3. The normalized spacial score (nSPS) is 15.4. The summed E-state index contributed by atoms with van der Waals surface area (Å²) in [6.45, 7) is 1.95. The quantitative estimate of drug-likeness (QED) is 0.847. The number of rotatable bonds is 3. The van der Waals surface area contributed by atoms with Gasteiger partial charge in [0, 0.05) is 44.1 Å². The van der Waals surface area contributed by atoms with E-state index in [1.54, 1.807) is 18.3 Å². The minimum atomic E-state index is -3.39. The lowest BCUT2D eigenvalue weighted by molar-refractivity contribution is 0.242. The Morgan fingerprint density at radius 2 is 2.17 bits per heavy atom. The van der Waals surface area contributed by atoms with Crippen molar-refractivity contribution in [3.05, 3.63) is 46.2 Å². The highest BCUT2D eigenvalue weighted by molar-refractivity contribution is 7.90. The summed E-state index contributed by atoms with van der Waals surface area (Å²) in [4.78, 5) is 10.3. The molecule has 122 valence electrons. The summed E-state index contributed by atoms with van der Waals surface area (Å²) in [6, 6.07) is 5.19. The van der Waals surface area contributed by atoms with Crippen molar-refractivity contribution in [1.82, 2.24) is 14.9 Å². The number of phenols is 1. The first-order chi connectivity index (χ1) is 10.8. The first-order valence-corrected chi connectivity index (χ1v) is 9.35. The highest BCUT2D eigenvalue weighted by Crippen LogP contribution is 2.29. The van der Waals surface area contributed by atoms with Gasteiger partial charge in [0.25, 0.3) is 0 Å². The Morgan fingerprint density at radius 1 is 1.39 bits per heavy atom. The zero-order chi connectivity index (χ0) is 16.6. The Balaban J connectivity index is 1.80. The van der Waals surface area contributed by atoms with E-state index in [1.807, 2.05) is 6.07 Å². The van der Waals surface area contributed by atoms with Crippen molar-refractivity contribution in [1.29, 1.82) is 0 Å². The standard InChI is InChI=1S/C15H16ClN3O3S/c1-23(21,22)15-17-7-11-9-19(6-5-12(11)18-15)8-10-3-2-4-13(20)14(10)16/h2-4,7,20H,5-6,8-9H2,1H3. The van der Waals surface area contributed by atoms with Crippen molar-refractivity contribution < 1.29 is 13.5 Å². The molecule has 0 spiro atoms. The molecule has 0 bridgehead atoms. The smallest absolute Gasteiger partial charge is 0.246 e. The molecule has 8 heteroatoms. The number of fused-ring (bicyclic) bond motifs is 1. The second kappa shape index (κ2) is 6.07. The van der Waals surface area contributed by atoms with Gasteiger partial charge in [-0.15, -0.1) is 0 Å². The topological polar surface area (TPSA) is 83.4 Å². The predicted molar refractivity (Wildman–Crippen MR) is 86.1 cm³/mol. The summed E-state index contributed by atoms with van der Waals surface area (Å²) in [5.41, 5.74) is 2.54. The van der Waals surface area contributed by atoms with Crippen LogP contribution in [0.15, 0.2) is 29.6 Å². The third kappa shape index (κ3) is 3.46. The third-order valence-corrected chi connectivity index (χ3v) is 5.07. The SMILES string of the molecule is CS(=O)(=O)c1ncc2c(n1)CCN(Cc1cccc(O)c1Cl)C2. The van der Waals surface area contributed by atoms with Crippen LogP contribution in [0.1, 0.15) is 16.8 Å². The molecule has 0 radical (unpaired) electrons. The number of sulfone groups is 1. The van der Waals surface area contributed by atoms with Gasteiger partial charge in [-0.3, -0.25) is 4.90 Å². The highest BCUT2D eigenvalue weighted by atomic mass is 35.5. The van der Waals surface area contributed by atoms with Crippen LogP contribution in [0.25, 0.3) is 0 Å². The zero-order valence-corrected chi connectivity index (χ0v) is 14.1. The molecule has 0 unspecified atom stereocenters. The van der Waals surface area contributed by atoms with Gasteiger partial charge in [-0.1, -0.05) is 23.7 Å². The van der Waals surface area contributed by atoms with Crippen molar-refractivity contribution in [3.8, 4) is 5.75 Å². The lowest BCUT2D eigenvalue weighted by Gasteiger charge is -2.28. The number of hydrogen-bond donors (Lipinski definition) is 1. The summed E-state index contributed by atoms with van der Waals surface area (Å²) >= 11 is 6.12. The molecule has 0 fully saturated rings. The average Bonchev–Trinajstić information content (AvgIpc) is 2.50. The number of halogens is 1. The lowest BCUT2D eigenvalue weighted by atomic mass is 10.1. The first kappa shape index (κ1) is 16.2. The van der Waals surface area contributed by atoms with Gasteiger partial charge in [0.15, 0.2) is 0 Å². The molecule has 0 saturated heterocycles. The molecule has 1 aromatic heterocycles. The molecule has 0 atom stereocenters. The molecule has 6 nitrogen and oxygen atoms in total. The van der Waals surface area contributed by atoms with Crippen LogP contribution in [0.2, 0.25) is 5.02 Å². The first-order valence-electron chi connectivity index (χ1n) is 7.08. The van der Waals surface area contributed by atoms with Crippen molar-refractivity contribution in [2.75, 3.05) is 12.8 Å². The van der Waals surface area contributed by atoms with Crippen molar-refractivity contribution in [2.24, 2.45) is 0 Å². The Morgan fingerprint density at radius 3 is 2.91 bits per heavy atom.